The first-order valence-corrected chi connectivity index (χ1v) is 8.02. The van der Waals surface area contributed by atoms with E-state index >= 15 is 0 Å². The van der Waals surface area contributed by atoms with E-state index in [0.717, 1.165) is 0 Å². The third-order valence-corrected chi connectivity index (χ3v) is 3.76. The van der Waals surface area contributed by atoms with Crippen molar-refractivity contribution in [3.05, 3.63) is 83.8 Å². The number of amides is 2. The molecule has 2 amide bonds. The van der Waals surface area contributed by atoms with Crippen LogP contribution in [0.15, 0.2) is 71.3 Å². The number of hydrogen-bond donors (Lipinski definition) is 2. The molecule has 0 bridgehead atoms. The molecule has 0 saturated heterocycles. The van der Waals surface area contributed by atoms with Crippen molar-refractivity contribution in [1.29, 1.82) is 0 Å². The minimum Gasteiger partial charge on any atom is -0.497 e. The number of hydrogen-bond acceptors (Lipinski definition) is 4. The highest BCUT2D eigenvalue weighted by molar-refractivity contribution is 6.05. The fourth-order valence-corrected chi connectivity index (χ4v) is 2.33. The van der Waals surface area contributed by atoms with Crippen molar-refractivity contribution in [1.82, 2.24) is 5.32 Å². The zero-order valence-corrected chi connectivity index (χ0v) is 14.2. The molecule has 1 aromatic heterocycles. The van der Waals surface area contributed by atoms with Crippen LogP contribution in [0.25, 0.3) is 0 Å². The number of rotatable bonds is 6. The molecule has 132 valence electrons. The molecule has 6 nitrogen and oxygen atoms in total. The topological polar surface area (TPSA) is 80.6 Å². The van der Waals surface area contributed by atoms with Crippen LogP contribution in [0.4, 0.5) is 5.69 Å². The van der Waals surface area contributed by atoms with Crippen molar-refractivity contribution in [2.24, 2.45) is 0 Å². The summed E-state index contributed by atoms with van der Waals surface area (Å²) in [6, 6.07) is 17.0. The van der Waals surface area contributed by atoms with Crippen LogP contribution in [0.5, 0.6) is 5.75 Å². The predicted molar refractivity (Wildman–Crippen MR) is 97.3 cm³/mol. The maximum atomic E-state index is 12.3. The maximum Gasteiger partial charge on any atom is 0.255 e. The highest BCUT2D eigenvalue weighted by Crippen LogP contribution is 2.16. The Morgan fingerprint density at radius 1 is 0.923 bits per heavy atom. The van der Waals surface area contributed by atoms with Gasteiger partial charge >= 0.3 is 0 Å². The third kappa shape index (κ3) is 4.30. The summed E-state index contributed by atoms with van der Waals surface area (Å²) < 4.78 is 10.2. The lowest BCUT2D eigenvalue weighted by atomic mass is 10.1. The van der Waals surface area contributed by atoms with Crippen molar-refractivity contribution in [2.75, 3.05) is 12.4 Å². The largest absolute Gasteiger partial charge is 0.497 e. The molecule has 3 aromatic rings. The SMILES string of the molecule is COc1ccc(NC(=O)c2ccc(C(=O)NCc3ccco3)cc2)cc1. The summed E-state index contributed by atoms with van der Waals surface area (Å²) in [6.45, 7) is 0.311. The molecule has 1 heterocycles. The van der Waals surface area contributed by atoms with E-state index in [1.807, 2.05) is 0 Å². The summed E-state index contributed by atoms with van der Waals surface area (Å²) >= 11 is 0. The molecule has 0 aliphatic rings. The molecule has 0 radical (unpaired) electrons. The smallest absolute Gasteiger partial charge is 0.255 e. The number of carbonyl (C=O) groups excluding carboxylic acids is 2. The van der Waals surface area contributed by atoms with Crippen LogP contribution in [0, 0.1) is 0 Å². The van der Waals surface area contributed by atoms with Gasteiger partial charge in [-0.3, -0.25) is 9.59 Å². The van der Waals surface area contributed by atoms with Gasteiger partial charge in [0.1, 0.15) is 11.5 Å². The summed E-state index contributed by atoms with van der Waals surface area (Å²) in [6.07, 6.45) is 1.55. The second kappa shape index (κ2) is 8.02. The molecule has 0 spiro atoms. The number of anilines is 1. The van der Waals surface area contributed by atoms with Crippen molar-refractivity contribution in [3.8, 4) is 5.75 Å². The van der Waals surface area contributed by atoms with Crippen LogP contribution in [0.1, 0.15) is 26.5 Å². The molecule has 2 aromatic carbocycles. The van der Waals surface area contributed by atoms with E-state index in [0.29, 0.717) is 34.9 Å². The number of methoxy groups -OCH3 is 1. The van der Waals surface area contributed by atoms with Gasteiger partial charge in [0.15, 0.2) is 0 Å². The standard InChI is InChI=1S/C20H18N2O4/c1-25-17-10-8-16(9-11-17)22-20(24)15-6-4-14(5-7-15)19(23)21-13-18-3-2-12-26-18/h2-12H,13H2,1H3,(H,21,23)(H,22,24). The Balaban J connectivity index is 1.58. The summed E-state index contributed by atoms with van der Waals surface area (Å²) in [5, 5.41) is 5.55. The Labute approximate surface area is 150 Å². The number of carbonyl (C=O) groups is 2. The molecule has 0 aliphatic carbocycles. The monoisotopic (exact) mass is 350 g/mol. The fraction of sp³-hybridized carbons (Fsp3) is 0.100. The summed E-state index contributed by atoms with van der Waals surface area (Å²) in [7, 11) is 1.58. The minimum absolute atomic E-state index is 0.233. The van der Waals surface area contributed by atoms with E-state index < -0.39 is 0 Å². The lowest BCUT2D eigenvalue weighted by Gasteiger charge is -2.07. The van der Waals surface area contributed by atoms with E-state index in [1.54, 1.807) is 74.0 Å². The highest BCUT2D eigenvalue weighted by atomic mass is 16.5. The number of furan rings is 1. The molecule has 0 unspecified atom stereocenters. The van der Waals surface area contributed by atoms with Gasteiger partial charge in [-0.05, 0) is 60.7 Å². The van der Waals surface area contributed by atoms with Crippen molar-refractivity contribution >= 4 is 17.5 Å². The van der Waals surface area contributed by atoms with Crippen LogP contribution < -0.4 is 15.4 Å². The van der Waals surface area contributed by atoms with Crippen LogP contribution in [0.2, 0.25) is 0 Å². The molecule has 0 saturated carbocycles. The summed E-state index contributed by atoms with van der Waals surface area (Å²) in [5.41, 5.74) is 1.59. The zero-order valence-electron chi connectivity index (χ0n) is 14.2. The van der Waals surface area contributed by atoms with Gasteiger partial charge < -0.3 is 19.8 Å². The maximum absolute atomic E-state index is 12.3. The van der Waals surface area contributed by atoms with E-state index in [-0.39, 0.29) is 11.8 Å². The molecule has 26 heavy (non-hydrogen) atoms. The zero-order chi connectivity index (χ0) is 18.4. The van der Waals surface area contributed by atoms with Crippen molar-refractivity contribution < 1.29 is 18.7 Å². The minimum atomic E-state index is -0.252. The van der Waals surface area contributed by atoms with E-state index in [9.17, 15) is 9.59 Å². The second-order valence-corrected chi connectivity index (χ2v) is 5.52. The van der Waals surface area contributed by atoms with Gasteiger partial charge in [-0.2, -0.15) is 0 Å². The van der Waals surface area contributed by atoms with Gasteiger partial charge in [-0.1, -0.05) is 0 Å². The van der Waals surface area contributed by atoms with Gasteiger partial charge in [-0.15, -0.1) is 0 Å². The lowest BCUT2D eigenvalue weighted by Crippen LogP contribution is -2.22. The Morgan fingerprint density at radius 2 is 1.58 bits per heavy atom. The van der Waals surface area contributed by atoms with E-state index in [4.69, 9.17) is 9.15 Å². The van der Waals surface area contributed by atoms with Crippen LogP contribution in [0.3, 0.4) is 0 Å². The average molecular weight is 350 g/mol. The number of ether oxygens (including phenoxy) is 1. The normalized spacial score (nSPS) is 10.2. The third-order valence-electron chi connectivity index (χ3n) is 3.76. The van der Waals surface area contributed by atoms with Gasteiger partial charge in [0.25, 0.3) is 11.8 Å². The molecule has 2 N–H and O–H groups in total. The van der Waals surface area contributed by atoms with E-state index in [1.165, 1.54) is 0 Å². The van der Waals surface area contributed by atoms with Crippen LogP contribution in [-0.2, 0) is 6.54 Å². The Hall–Kier alpha value is -3.54. The van der Waals surface area contributed by atoms with Gasteiger partial charge in [0.05, 0.1) is 19.9 Å². The van der Waals surface area contributed by atoms with Gasteiger partial charge in [-0.25, -0.2) is 0 Å². The second-order valence-electron chi connectivity index (χ2n) is 5.52. The molecule has 0 atom stereocenters. The molecule has 3 rings (SSSR count). The molecule has 0 fully saturated rings. The lowest BCUT2D eigenvalue weighted by molar-refractivity contribution is 0.0946. The number of benzene rings is 2. The Bertz CT molecular complexity index is 869. The first-order chi connectivity index (χ1) is 12.7. The van der Waals surface area contributed by atoms with Gasteiger partial charge in [0, 0.05) is 16.8 Å². The number of nitrogens with one attached hydrogen (secondary N) is 2. The summed E-state index contributed by atoms with van der Waals surface area (Å²) in [4.78, 5) is 24.4. The van der Waals surface area contributed by atoms with Crippen molar-refractivity contribution in [3.63, 3.8) is 0 Å². The first kappa shape index (κ1) is 17.3. The van der Waals surface area contributed by atoms with Crippen LogP contribution in [-0.4, -0.2) is 18.9 Å². The predicted octanol–water partition coefficient (Wildman–Crippen LogP) is 3.47. The Morgan fingerprint density at radius 3 is 2.15 bits per heavy atom. The Kier molecular flexibility index (Phi) is 5.34. The van der Waals surface area contributed by atoms with Crippen LogP contribution >= 0.6 is 0 Å². The summed E-state index contributed by atoms with van der Waals surface area (Å²) in [5.74, 6) is 0.906. The molecular weight excluding hydrogens is 332 g/mol. The molecular formula is C20H18N2O4. The van der Waals surface area contributed by atoms with Crippen molar-refractivity contribution in [2.45, 2.75) is 6.54 Å². The molecule has 0 aliphatic heterocycles. The van der Waals surface area contributed by atoms with Gasteiger partial charge in [0.2, 0.25) is 0 Å². The van der Waals surface area contributed by atoms with E-state index in [2.05, 4.69) is 10.6 Å². The molecule has 6 heteroatoms. The fourth-order valence-electron chi connectivity index (χ4n) is 2.33. The quantitative estimate of drug-likeness (QED) is 0.713. The first-order valence-electron chi connectivity index (χ1n) is 8.02. The average Bonchev–Trinajstić information content (AvgIpc) is 3.20. The highest BCUT2D eigenvalue weighted by Gasteiger charge is 2.10.